The maximum atomic E-state index is 12.9. The Kier molecular flexibility index (Phi) is 6.99. The molecule has 2 aromatic heterocycles. The molecule has 1 amide bonds. The van der Waals surface area contributed by atoms with Crippen molar-refractivity contribution in [3.05, 3.63) is 69.8 Å². The Hall–Kier alpha value is -3.01. The summed E-state index contributed by atoms with van der Waals surface area (Å²) < 4.78 is 1.52. The summed E-state index contributed by atoms with van der Waals surface area (Å²) in [5, 5.41) is 15.4. The molecule has 0 bridgehead atoms. The predicted octanol–water partition coefficient (Wildman–Crippen LogP) is 3.94. The van der Waals surface area contributed by atoms with Crippen LogP contribution in [0.4, 0.5) is 5.13 Å². The van der Waals surface area contributed by atoms with Crippen LogP contribution in [0.3, 0.4) is 0 Å². The van der Waals surface area contributed by atoms with Crippen LogP contribution in [0.5, 0.6) is 0 Å². The lowest BCUT2D eigenvalue weighted by atomic mass is 10.1. The lowest BCUT2D eigenvalue weighted by molar-refractivity contribution is -0.113. The predicted molar refractivity (Wildman–Crippen MR) is 129 cm³/mol. The van der Waals surface area contributed by atoms with Crippen molar-refractivity contribution in [3.8, 4) is 11.3 Å². The molecule has 7 nitrogen and oxygen atoms in total. The third kappa shape index (κ3) is 5.07. The fourth-order valence-electron chi connectivity index (χ4n) is 3.16. The van der Waals surface area contributed by atoms with Crippen molar-refractivity contribution in [3.63, 3.8) is 0 Å². The first kappa shape index (κ1) is 22.2. The van der Waals surface area contributed by atoms with Gasteiger partial charge >= 0.3 is 0 Å². The molecule has 0 aliphatic carbocycles. The third-order valence-electron chi connectivity index (χ3n) is 4.80. The second-order valence-electron chi connectivity index (χ2n) is 7.19. The normalized spacial score (nSPS) is 11.1. The number of rotatable bonds is 8. The number of anilines is 1. The van der Waals surface area contributed by atoms with E-state index >= 15 is 0 Å². The molecule has 4 rings (SSSR count). The highest BCUT2D eigenvalue weighted by Gasteiger charge is 2.14. The summed E-state index contributed by atoms with van der Waals surface area (Å²) >= 11 is 2.56. The molecule has 0 aliphatic rings. The van der Waals surface area contributed by atoms with Gasteiger partial charge in [-0.15, -0.1) is 11.3 Å². The molecule has 4 aromatic rings. The van der Waals surface area contributed by atoms with Crippen molar-refractivity contribution in [2.45, 2.75) is 25.0 Å². The van der Waals surface area contributed by atoms with E-state index in [1.165, 1.54) is 33.2 Å². The Morgan fingerprint density at radius 2 is 1.94 bits per heavy atom. The number of hydrogen-bond acceptors (Lipinski definition) is 7. The number of fused-ring (bicyclic) bond motifs is 1. The number of aromatic nitrogens is 3. The summed E-state index contributed by atoms with van der Waals surface area (Å²) in [5.41, 5.74) is 3.40. The Balaban J connectivity index is 1.47. The zero-order valence-electron chi connectivity index (χ0n) is 17.4. The lowest BCUT2D eigenvalue weighted by Crippen LogP contribution is -2.24. The van der Waals surface area contributed by atoms with E-state index < -0.39 is 0 Å². The molecule has 2 aromatic carbocycles. The first-order chi connectivity index (χ1) is 15.5. The summed E-state index contributed by atoms with van der Waals surface area (Å²) in [6.45, 7) is 2.34. The maximum absolute atomic E-state index is 12.9. The van der Waals surface area contributed by atoms with E-state index in [0.717, 1.165) is 11.3 Å². The molecule has 0 unspecified atom stereocenters. The molecular formula is C23H22N4O3S2. The van der Waals surface area contributed by atoms with Crippen LogP contribution in [0.1, 0.15) is 12.0 Å². The summed E-state index contributed by atoms with van der Waals surface area (Å²) in [7, 11) is 0. The molecule has 0 spiro atoms. The molecule has 0 atom stereocenters. The number of amides is 1. The SMILES string of the molecule is Cc1ccc(-c2csc(NC(=O)CSc3nc4ccccc4c(=O)n3CCCO)n2)cc1. The van der Waals surface area contributed by atoms with E-state index in [0.29, 0.717) is 34.2 Å². The highest BCUT2D eigenvalue weighted by Crippen LogP contribution is 2.25. The standard InChI is InChI=1S/C23H22N4O3S2/c1-15-7-9-16(10-8-15)19-13-31-22(24-19)26-20(29)14-32-23-25-18-6-3-2-5-17(18)21(30)27(23)11-4-12-28/h2-3,5-10,13,28H,4,11-12,14H2,1H3,(H,24,26,29). The topological polar surface area (TPSA) is 97.1 Å². The Morgan fingerprint density at radius 1 is 1.16 bits per heavy atom. The van der Waals surface area contributed by atoms with Crippen LogP contribution in [0.2, 0.25) is 0 Å². The number of nitrogens with one attached hydrogen (secondary N) is 1. The van der Waals surface area contributed by atoms with Gasteiger partial charge in [0.25, 0.3) is 5.56 Å². The van der Waals surface area contributed by atoms with Gasteiger partial charge in [0, 0.05) is 24.1 Å². The number of para-hydroxylation sites is 1. The monoisotopic (exact) mass is 466 g/mol. The van der Waals surface area contributed by atoms with Crippen LogP contribution in [0.15, 0.2) is 63.9 Å². The van der Waals surface area contributed by atoms with Crippen LogP contribution in [0, 0.1) is 6.92 Å². The number of aryl methyl sites for hydroxylation is 1. The van der Waals surface area contributed by atoms with Crippen LogP contribution < -0.4 is 10.9 Å². The molecule has 32 heavy (non-hydrogen) atoms. The molecule has 2 heterocycles. The maximum Gasteiger partial charge on any atom is 0.262 e. The van der Waals surface area contributed by atoms with Crippen molar-refractivity contribution in [2.75, 3.05) is 17.7 Å². The fourth-order valence-corrected chi connectivity index (χ4v) is 4.72. The van der Waals surface area contributed by atoms with Crippen LogP contribution >= 0.6 is 23.1 Å². The molecule has 164 valence electrons. The lowest BCUT2D eigenvalue weighted by Gasteiger charge is -2.12. The van der Waals surface area contributed by atoms with Crippen LogP contribution in [-0.2, 0) is 11.3 Å². The van der Waals surface area contributed by atoms with Gasteiger partial charge in [-0.05, 0) is 25.5 Å². The van der Waals surface area contributed by atoms with Gasteiger partial charge in [0.15, 0.2) is 10.3 Å². The number of aliphatic hydroxyl groups is 1. The minimum absolute atomic E-state index is 0.0305. The minimum Gasteiger partial charge on any atom is -0.396 e. The number of carbonyl (C=O) groups is 1. The largest absolute Gasteiger partial charge is 0.396 e. The van der Waals surface area contributed by atoms with Gasteiger partial charge in [0.2, 0.25) is 5.91 Å². The van der Waals surface area contributed by atoms with Crippen LogP contribution in [-0.4, -0.2) is 37.9 Å². The van der Waals surface area contributed by atoms with Crippen molar-refractivity contribution in [1.29, 1.82) is 0 Å². The van der Waals surface area contributed by atoms with Crippen LogP contribution in [0.25, 0.3) is 22.2 Å². The first-order valence-corrected chi connectivity index (χ1v) is 12.0. The number of thiazole rings is 1. The van der Waals surface area contributed by atoms with Crippen molar-refractivity contribution < 1.29 is 9.90 Å². The zero-order valence-corrected chi connectivity index (χ0v) is 19.1. The third-order valence-corrected chi connectivity index (χ3v) is 6.53. The minimum atomic E-state index is -0.226. The summed E-state index contributed by atoms with van der Waals surface area (Å²) in [4.78, 5) is 34.5. The number of nitrogens with zero attached hydrogens (tertiary/aromatic N) is 3. The summed E-state index contributed by atoms with van der Waals surface area (Å²) in [6.07, 6.45) is 0.431. The average Bonchev–Trinajstić information content (AvgIpc) is 3.26. The quantitative estimate of drug-likeness (QED) is 0.302. The Morgan fingerprint density at radius 3 is 2.72 bits per heavy atom. The molecular weight excluding hydrogens is 444 g/mol. The van der Waals surface area contributed by atoms with E-state index in [9.17, 15) is 14.7 Å². The second-order valence-corrected chi connectivity index (χ2v) is 8.99. The molecule has 0 fully saturated rings. The van der Waals surface area contributed by atoms with Gasteiger partial charge in [-0.3, -0.25) is 14.2 Å². The molecule has 0 radical (unpaired) electrons. The number of hydrogen-bond donors (Lipinski definition) is 2. The number of thioether (sulfide) groups is 1. The van der Waals surface area contributed by atoms with E-state index in [1.807, 2.05) is 42.6 Å². The Bertz CT molecular complexity index is 1300. The smallest absolute Gasteiger partial charge is 0.262 e. The number of aliphatic hydroxyl groups excluding tert-OH is 1. The molecule has 0 saturated heterocycles. The van der Waals surface area contributed by atoms with Gasteiger partial charge < -0.3 is 10.4 Å². The van der Waals surface area contributed by atoms with Gasteiger partial charge in [0.05, 0.1) is 22.3 Å². The molecule has 0 saturated carbocycles. The number of benzene rings is 2. The van der Waals surface area contributed by atoms with Gasteiger partial charge in [-0.2, -0.15) is 0 Å². The molecule has 0 aliphatic heterocycles. The fraction of sp³-hybridized carbons (Fsp3) is 0.217. The highest BCUT2D eigenvalue weighted by molar-refractivity contribution is 7.99. The molecule has 9 heteroatoms. The highest BCUT2D eigenvalue weighted by atomic mass is 32.2. The van der Waals surface area contributed by atoms with Crippen molar-refractivity contribution in [1.82, 2.24) is 14.5 Å². The van der Waals surface area contributed by atoms with Crippen molar-refractivity contribution in [2.24, 2.45) is 0 Å². The van der Waals surface area contributed by atoms with E-state index in [-0.39, 0.29) is 23.8 Å². The second kappa shape index (κ2) is 10.1. The average molecular weight is 467 g/mol. The first-order valence-electron chi connectivity index (χ1n) is 10.1. The van der Waals surface area contributed by atoms with E-state index in [4.69, 9.17) is 0 Å². The summed E-state index contributed by atoms with van der Waals surface area (Å²) in [6, 6.07) is 15.2. The van der Waals surface area contributed by atoms with Gasteiger partial charge in [-0.25, -0.2) is 9.97 Å². The van der Waals surface area contributed by atoms with E-state index in [1.54, 1.807) is 18.2 Å². The van der Waals surface area contributed by atoms with Gasteiger partial charge in [-0.1, -0.05) is 53.7 Å². The zero-order chi connectivity index (χ0) is 22.5. The summed E-state index contributed by atoms with van der Waals surface area (Å²) in [5.74, 6) is -0.139. The van der Waals surface area contributed by atoms with E-state index in [2.05, 4.69) is 15.3 Å². The van der Waals surface area contributed by atoms with Crippen molar-refractivity contribution >= 4 is 45.0 Å². The number of carbonyl (C=O) groups excluding carboxylic acids is 1. The molecule has 2 N–H and O–H groups in total. The Labute approximate surface area is 193 Å². The van der Waals surface area contributed by atoms with Gasteiger partial charge in [0.1, 0.15) is 0 Å².